The Morgan fingerprint density at radius 3 is 2.52 bits per heavy atom. The summed E-state index contributed by atoms with van der Waals surface area (Å²) in [5.41, 5.74) is 0.991. The lowest BCUT2D eigenvalue weighted by Crippen LogP contribution is -2.06. The van der Waals surface area contributed by atoms with Gasteiger partial charge in [0.05, 0.1) is 25.0 Å². The molecule has 0 aliphatic carbocycles. The summed E-state index contributed by atoms with van der Waals surface area (Å²) < 4.78 is 11.4. The van der Waals surface area contributed by atoms with Gasteiger partial charge in [-0.2, -0.15) is 0 Å². The molecule has 2 rings (SSSR count). The van der Waals surface area contributed by atoms with Gasteiger partial charge in [0.25, 0.3) is 0 Å². The number of pyridine rings is 1. The first-order valence-electron chi connectivity index (χ1n) is 9.50. The van der Waals surface area contributed by atoms with Crippen LogP contribution in [0, 0.1) is 12.8 Å². The van der Waals surface area contributed by atoms with Crippen molar-refractivity contribution in [3.8, 4) is 17.2 Å². The fraction of sp³-hybridized carbons (Fsp3) is 0.455. The molecule has 0 aliphatic rings. The van der Waals surface area contributed by atoms with Gasteiger partial charge < -0.3 is 14.6 Å². The summed E-state index contributed by atoms with van der Waals surface area (Å²) in [6, 6.07) is 7.17. The molecule has 5 heteroatoms. The monoisotopic (exact) mass is 371 g/mol. The van der Waals surface area contributed by atoms with E-state index in [2.05, 4.69) is 4.98 Å². The number of ketones is 1. The third kappa shape index (κ3) is 6.59. The number of nitrogens with zero attached hydrogens (tertiary/aromatic N) is 1. The van der Waals surface area contributed by atoms with E-state index in [1.165, 1.54) is 0 Å². The number of carbonyl (C=O) groups excluding carboxylic acids is 1. The van der Waals surface area contributed by atoms with Crippen molar-refractivity contribution in [3.05, 3.63) is 47.8 Å². The second kappa shape index (κ2) is 10.6. The van der Waals surface area contributed by atoms with Crippen LogP contribution in [0.5, 0.6) is 17.2 Å². The molecule has 0 spiro atoms. The van der Waals surface area contributed by atoms with Gasteiger partial charge in [0.15, 0.2) is 5.78 Å². The van der Waals surface area contributed by atoms with Crippen molar-refractivity contribution in [1.29, 1.82) is 0 Å². The van der Waals surface area contributed by atoms with Gasteiger partial charge >= 0.3 is 0 Å². The average molecular weight is 371 g/mol. The molecule has 0 unspecified atom stereocenters. The lowest BCUT2D eigenvalue weighted by atomic mass is 9.98. The molecule has 5 nitrogen and oxygen atoms in total. The lowest BCUT2D eigenvalue weighted by molar-refractivity contribution is 0.0965. The Labute approximate surface area is 161 Å². The maximum atomic E-state index is 12.2. The van der Waals surface area contributed by atoms with Gasteiger partial charge in [-0.15, -0.1) is 0 Å². The molecule has 146 valence electrons. The molecule has 0 aliphatic heterocycles. The van der Waals surface area contributed by atoms with Gasteiger partial charge in [0, 0.05) is 18.2 Å². The second-order valence-electron chi connectivity index (χ2n) is 7.05. The maximum Gasteiger partial charge on any atom is 0.166 e. The normalized spacial score (nSPS) is 10.8. The third-order valence-electron chi connectivity index (χ3n) is 4.22. The van der Waals surface area contributed by atoms with Crippen molar-refractivity contribution in [3.63, 3.8) is 0 Å². The summed E-state index contributed by atoms with van der Waals surface area (Å²) >= 11 is 0. The van der Waals surface area contributed by atoms with Gasteiger partial charge in [-0.05, 0) is 56.4 Å². The average Bonchev–Trinajstić information content (AvgIpc) is 2.64. The molecule has 1 heterocycles. The van der Waals surface area contributed by atoms with Crippen LogP contribution in [0.2, 0.25) is 0 Å². The summed E-state index contributed by atoms with van der Waals surface area (Å²) in [7, 11) is 0. The Bertz CT molecular complexity index is 729. The quantitative estimate of drug-likeness (QED) is 0.447. The molecular formula is C22H29NO4. The number of carbonyl (C=O) groups is 1. The molecule has 0 bridgehead atoms. The molecule has 0 saturated carbocycles. The zero-order valence-corrected chi connectivity index (χ0v) is 16.4. The fourth-order valence-corrected chi connectivity index (χ4v) is 2.73. The molecule has 1 aromatic heterocycles. The minimum Gasteiger partial charge on any atom is -0.507 e. The number of unbranched alkanes of at least 4 members (excludes halogenated alkanes) is 2. The predicted molar refractivity (Wildman–Crippen MR) is 106 cm³/mol. The van der Waals surface area contributed by atoms with Crippen LogP contribution in [-0.2, 0) is 0 Å². The molecule has 27 heavy (non-hydrogen) atoms. The minimum absolute atomic E-state index is 0.0306. The van der Waals surface area contributed by atoms with Crippen molar-refractivity contribution in [1.82, 2.24) is 4.98 Å². The van der Waals surface area contributed by atoms with E-state index in [-0.39, 0.29) is 17.5 Å². The highest BCUT2D eigenvalue weighted by molar-refractivity contribution is 5.99. The molecule has 0 atom stereocenters. The number of aromatic hydroxyl groups is 1. The second-order valence-corrected chi connectivity index (χ2v) is 7.05. The first-order chi connectivity index (χ1) is 13.0. The lowest BCUT2D eigenvalue weighted by Gasteiger charge is -2.13. The Morgan fingerprint density at radius 1 is 1.11 bits per heavy atom. The largest absolute Gasteiger partial charge is 0.507 e. The molecule has 0 radical (unpaired) electrons. The van der Waals surface area contributed by atoms with Gasteiger partial charge in [-0.3, -0.25) is 9.78 Å². The Kier molecular flexibility index (Phi) is 8.11. The van der Waals surface area contributed by atoms with Crippen LogP contribution in [0.1, 0.15) is 55.5 Å². The highest BCUT2D eigenvalue weighted by Crippen LogP contribution is 2.31. The molecule has 0 saturated heterocycles. The van der Waals surface area contributed by atoms with E-state index in [0.29, 0.717) is 36.5 Å². The fourth-order valence-electron chi connectivity index (χ4n) is 2.73. The summed E-state index contributed by atoms with van der Waals surface area (Å²) in [5.74, 6) is 1.66. The van der Waals surface area contributed by atoms with Gasteiger partial charge in [-0.25, -0.2) is 0 Å². The van der Waals surface area contributed by atoms with E-state index in [1.54, 1.807) is 31.5 Å². The first kappa shape index (κ1) is 20.7. The SMILES string of the molecule is Cc1c(OCCCCCOc2cccnc2)ccc(C(=O)CC(C)C)c1O. The van der Waals surface area contributed by atoms with E-state index in [1.807, 2.05) is 26.0 Å². The van der Waals surface area contributed by atoms with E-state index < -0.39 is 0 Å². The number of phenolic OH excluding ortho intramolecular Hbond substituents is 1. The number of hydrogen-bond acceptors (Lipinski definition) is 5. The van der Waals surface area contributed by atoms with Gasteiger partial charge in [0.1, 0.15) is 17.2 Å². The zero-order valence-electron chi connectivity index (χ0n) is 16.4. The van der Waals surface area contributed by atoms with Crippen molar-refractivity contribution in [2.75, 3.05) is 13.2 Å². The van der Waals surface area contributed by atoms with E-state index in [0.717, 1.165) is 25.0 Å². The maximum absolute atomic E-state index is 12.2. The van der Waals surface area contributed by atoms with Crippen molar-refractivity contribution in [2.45, 2.75) is 46.5 Å². The van der Waals surface area contributed by atoms with Crippen molar-refractivity contribution < 1.29 is 19.4 Å². The van der Waals surface area contributed by atoms with Crippen LogP contribution in [-0.4, -0.2) is 29.1 Å². The number of rotatable bonds is 11. The van der Waals surface area contributed by atoms with Gasteiger partial charge in [0.2, 0.25) is 0 Å². The number of benzene rings is 1. The van der Waals surface area contributed by atoms with Crippen LogP contribution in [0.3, 0.4) is 0 Å². The topological polar surface area (TPSA) is 68.7 Å². The Hall–Kier alpha value is -2.56. The standard InChI is InChI=1S/C22H29NO4/c1-16(2)14-20(24)19-9-10-21(17(3)22(19)25)27-13-6-4-5-12-26-18-8-7-11-23-15-18/h7-11,15-16,25H,4-6,12-14H2,1-3H3. The summed E-state index contributed by atoms with van der Waals surface area (Å²) in [4.78, 5) is 16.2. The summed E-state index contributed by atoms with van der Waals surface area (Å²) in [6.45, 7) is 6.96. The zero-order chi connectivity index (χ0) is 19.6. The van der Waals surface area contributed by atoms with Crippen LogP contribution >= 0.6 is 0 Å². The summed E-state index contributed by atoms with van der Waals surface area (Å²) in [5, 5.41) is 10.3. The number of hydrogen-bond donors (Lipinski definition) is 1. The van der Waals surface area contributed by atoms with Gasteiger partial charge in [-0.1, -0.05) is 13.8 Å². The molecule has 0 amide bonds. The first-order valence-corrected chi connectivity index (χ1v) is 9.50. The van der Waals surface area contributed by atoms with E-state index in [9.17, 15) is 9.90 Å². The third-order valence-corrected chi connectivity index (χ3v) is 4.22. The predicted octanol–water partition coefficient (Wildman–Crippen LogP) is 4.95. The minimum atomic E-state index is -0.0363. The van der Waals surface area contributed by atoms with Crippen LogP contribution in [0.15, 0.2) is 36.7 Å². The highest BCUT2D eigenvalue weighted by Gasteiger charge is 2.16. The van der Waals surface area contributed by atoms with E-state index in [4.69, 9.17) is 9.47 Å². The molecule has 0 fully saturated rings. The van der Waals surface area contributed by atoms with Crippen LogP contribution in [0.25, 0.3) is 0 Å². The highest BCUT2D eigenvalue weighted by atomic mass is 16.5. The number of phenols is 1. The van der Waals surface area contributed by atoms with Crippen LogP contribution < -0.4 is 9.47 Å². The molecule has 2 aromatic rings. The number of ether oxygens (including phenoxy) is 2. The van der Waals surface area contributed by atoms with E-state index >= 15 is 0 Å². The number of Topliss-reactive ketones (excluding diaryl/α,β-unsaturated/α-hetero) is 1. The number of aromatic nitrogens is 1. The molecular weight excluding hydrogens is 342 g/mol. The molecule has 1 N–H and O–H groups in total. The molecule has 1 aromatic carbocycles. The Balaban J connectivity index is 1.72. The van der Waals surface area contributed by atoms with Crippen LogP contribution in [0.4, 0.5) is 0 Å². The van der Waals surface area contributed by atoms with Crippen molar-refractivity contribution >= 4 is 5.78 Å². The summed E-state index contributed by atoms with van der Waals surface area (Å²) in [6.07, 6.45) is 6.66. The van der Waals surface area contributed by atoms with Crippen molar-refractivity contribution in [2.24, 2.45) is 5.92 Å². The smallest absolute Gasteiger partial charge is 0.166 e. The Morgan fingerprint density at radius 2 is 1.85 bits per heavy atom.